The molecule has 3 rings (SSSR count). The van der Waals surface area contributed by atoms with Gasteiger partial charge >= 0.3 is 6.18 Å². The summed E-state index contributed by atoms with van der Waals surface area (Å²) < 4.78 is 56.8. The third-order valence-corrected chi connectivity index (χ3v) is 4.04. The predicted molar refractivity (Wildman–Crippen MR) is 81.6 cm³/mol. The van der Waals surface area contributed by atoms with E-state index in [4.69, 9.17) is 16.3 Å². The zero-order valence-corrected chi connectivity index (χ0v) is 13.1. The minimum atomic E-state index is -4.49. The van der Waals surface area contributed by atoms with E-state index < -0.39 is 11.7 Å². The Morgan fingerprint density at radius 2 is 1.92 bits per heavy atom. The van der Waals surface area contributed by atoms with E-state index in [1.54, 1.807) is 17.0 Å². The molecule has 0 amide bonds. The Balaban J connectivity index is 1.81. The highest BCUT2D eigenvalue weighted by atomic mass is 35.5. The summed E-state index contributed by atoms with van der Waals surface area (Å²) in [6.07, 6.45) is -4.06. The lowest BCUT2D eigenvalue weighted by Gasteiger charge is -2.34. The molecule has 1 atom stereocenters. The lowest BCUT2D eigenvalue weighted by molar-refractivity contribution is -0.137. The van der Waals surface area contributed by atoms with Crippen LogP contribution in [0.4, 0.5) is 23.4 Å². The number of halogens is 5. The van der Waals surface area contributed by atoms with E-state index in [-0.39, 0.29) is 22.8 Å². The van der Waals surface area contributed by atoms with Crippen molar-refractivity contribution in [3.05, 3.63) is 58.5 Å². The Labute approximate surface area is 140 Å². The SMILES string of the molecule is Fc1ccc(C2CN(c3ncc(C(F)(F)F)cc3Cl)CCO2)cc1. The minimum absolute atomic E-state index is 0.0652. The first kappa shape index (κ1) is 17.0. The molecule has 0 saturated carbocycles. The predicted octanol–water partition coefficient (Wildman–Crippen LogP) is 4.47. The van der Waals surface area contributed by atoms with Gasteiger partial charge in [0.1, 0.15) is 17.7 Å². The van der Waals surface area contributed by atoms with E-state index in [1.165, 1.54) is 12.1 Å². The van der Waals surface area contributed by atoms with E-state index in [0.29, 0.717) is 19.7 Å². The number of nitrogens with zero attached hydrogens (tertiary/aromatic N) is 2. The third-order valence-electron chi connectivity index (χ3n) is 3.76. The molecule has 1 aromatic heterocycles. The molecule has 1 aromatic carbocycles. The molecule has 1 aliphatic heterocycles. The van der Waals surface area contributed by atoms with Crippen LogP contribution in [0, 0.1) is 5.82 Å². The van der Waals surface area contributed by atoms with Gasteiger partial charge in [0.05, 0.1) is 17.2 Å². The molecule has 1 saturated heterocycles. The number of benzene rings is 1. The first-order chi connectivity index (χ1) is 11.3. The number of rotatable bonds is 2. The van der Waals surface area contributed by atoms with Crippen LogP contribution < -0.4 is 4.90 Å². The molecule has 3 nitrogen and oxygen atoms in total. The Morgan fingerprint density at radius 1 is 1.21 bits per heavy atom. The number of hydrogen-bond donors (Lipinski definition) is 0. The second-order valence-corrected chi connectivity index (χ2v) is 5.79. The summed E-state index contributed by atoms with van der Waals surface area (Å²) in [6.45, 7) is 1.18. The highest BCUT2D eigenvalue weighted by Gasteiger charge is 2.32. The molecule has 24 heavy (non-hydrogen) atoms. The number of pyridine rings is 1. The largest absolute Gasteiger partial charge is 0.417 e. The van der Waals surface area contributed by atoms with E-state index >= 15 is 0 Å². The van der Waals surface area contributed by atoms with Gasteiger partial charge in [-0.1, -0.05) is 23.7 Å². The van der Waals surface area contributed by atoms with E-state index in [0.717, 1.165) is 17.8 Å². The van der Waals surface area contributed by atoms with Gasteiger partial charge in [-0.2, -0.15) is 13.2 Å². The minimum Gasteiger partial charge on any atom is -0.370 e. The Morgan fingerprint density at radius 3 is 2.54 bits per heavy atom. The first-order valence-electron chi connectivity index (χ1n) is 7.19. The Bertz CT molecular complexity index is 721. The van der Waals surface area contributed by atoms with Crippen molar-refractivity contribution in [2.75, 3.05) is 24.6 Å². The molecule has 8 heteroatoms. The van der Waals surface area contributed by atoms with Gasteiger partial charge in [-0.25, -0.2) is 9.37 Å². The van der Waals surface area contributed by atoms with Crippen LogP contribution in [0.25, 0.3) is 0 Å². The van der Waals surface area contributed by atoms with Crippen molar-refractivity contribution in [3.63, 3.8) is 0 Å². The van der Waals surface area contributed by atoms with Crippen molar-refractivity contribution >= 4 is 17.4 Å². The molecule has 2 heterocycles. The second-order valence-electron chi connectivity index (χ2n) is 5.38. The standard InChI is InChI=1S/C16H13ClF4N2O/c17-13-7-11(16(19,20)21)8-22-15(13)23-5-6-24-14(9-23)10-1-3-12(18)4-2-10/h1-4,7-8,14H,5-6,9H2. The summed E-state index contributed by atoms with van der Waals surface area (Å²) in [5.41, 5.74) is -0.108. The van der Waals surface area contributed by atoms with E-state index in [1.807, 2.05) is 0 Å². The van der Waals surface area contributed by atoms with Gasteiger partial charge in [0, 0.05) is 19.3 Å². The molecule has 0 bridgehead atoms. The molecule has 128 valence electrons. The van der Waals surface area contributed by atoms with Crippen LogP contribution in [-0.4, -0.2) is 24.7 Å². The van der Waals surface area contributed by atoms with Crippen LogP contribution in [0.2, 0.25) is 5.02 Å². The van der Waals surface area contributed by atoms with Crippen LogP contribution in [0.15, 0.2) is 36.5 Å². The maximum Gasteiger partial charge on any atom is 0.417 e. The Hall–Kier alpha value is -1.86. The summed E-state index contributed by atoms with van der Waals surface area (Å²) in [5.74, 6) is -0.0704. The van der Waals surface area contributed by atoms with Gasteiger partial charge in [0.15, 0.2) is 0 Å². The normalized spacial score (nSPS) is 18.7. The van der Waals surface area contributed by atoms with E-state index in [9.17, 15) is 17.6 Å². The van der Waals surface area contributed by atoms with Crippen molar-refractivity contribution in [1.82, 2.24) is 4.98 Å². The summed E-state index contributed by atoms with van der Waals surface area (Å²) in [7, 11) is 0. The molecular formula is C16H13ClF4N2O. The molecule has 0 N–H and O–H groups in total. The van der Waals surface area contributed by atoms with Crippen LogP contribution in [-0.2, 0) is 10.9 Å². The maximum atomic E-state index is 13.0. The smallest absolute Gasteiger partial charge is 0.370 e. The van der Waals surface area contributed by atoms with Crippen LogP contribution in [0.1, 0.15) is 17.2 Å². The molecule has 1 unspecified atom stereocenters. The summed E-state index contributed by atoms with van der Waals surface area (Å²) in [4.78, 5) is 5.63. The van der Waals surface area contributed by atoms with Crippen molar-refractivity contribution in [2.45, 2.75) is 12.3 Å². The fourth-order valence-corrected chi connectivity index (χ4v) is 2.83. The van der Waals surface area contributed by atoms with Gasteiger partial charge in [-0.15, -0.1) is 0 Å². The number of morpholine rings is 1. The zero-order valence-electron chi connectivity index (χ0n) is 12.4. The lowest BCUT2D eigenvalue weighted by atomic mass is 10.1. The quantitative estimate of drug-likeness (QED) is 0.739. The van der Waals surface area contributed by atoms with Crippen molar-refractivity contribution in [3.8, 4) is 0 Å². The molecule has 1 fully saturated rings. The highest BCUT2D eigenvalue weighted by molar-refractivity contribution is 6.33. The molecule has 0 radical (unpaired) electrons. The van der Waals surface area contributed by atoms with Crippen LogP contribution in [0.5, 0.6) is 0 Å². The van der Waals surface area contributed by atoms with E-state index in [2.05, 4.69) is 4.98 Å². The Kier molecular flexibility index (Phi) is 4.64. The van der Waals surface area contributed by atoms with Gasteiger partial charge in [0.25, 0.3) is 0 Å². The van der Waals surface area contributed by atoms with Crippen LogP contribution >= 0.6 is 11.6 Å². The topological polar surface area (TPSA) is 25.4 Å². The first-order valence-corrected chi connectivity index (χ1v) is 7.57. The number of anilines is 1. The lowest BCUT2D eigenvalue weighted by Crippen LogP contribution is -2.39. The maximum absolute atomic E-state index is 13.0. The van der Waals surface area contributed by atoms with Gasteiger partial charge in [0.2, 0.25) is 0 Å². The summed E-state index contributed by atoms with van der Waals surface area (Å²) >= 11 is 5.99. The third kappa shape index (κ3) is 3.62. The molecular weight excluding hydrogens is 348 g/mol. The second kappa shape index (κ2) is 6.57. The fraction of sp³-hybridized carbons (Fsp3) is 0.312. The van der Waals surface area contributed by atoms with Gasteiger partial charge < -0.3 is 9.64 Å². The fourth-order valence-electron chi connectivity index (χ4n) is 2.54. The van der Waals surface area contributed by atoms with Crippen LogP contribution in [0.3, 0.4) is 0 Å². The monoisotopic (exact) mass is 360 g/mol. The summed E-state index contributed by atoms with van der Waals surface area (Å²) in [6, 6.07) is 6.77. The molecule has 1 aliphatic rings. The summed E-state index contributed by atoms with van der Waals surface area (Å²) in [5, 5.41) is -0.0652. The van der Waals surface area contributed by atoms with Crippen molar-refractivity contribution in [2.24, 2.45) is 0 Å². The average Bonchev–Trinajstić information content (AvgIpc) is 2.55. The molecule has 0 spiro atoms. The highest BCUT2D eigenvalue weighted by Crippen LogP contribution is 2.35. The zero-order chi connectivity index (χ0) is 17.3. The van der Waals surface area contributed by atoms with Gasteiger partial charge in [-0.3, -0.25) is 0 Å². The van der Waals surface area contributed by atoms with Crippen molar-refractivity contribution < 1.29 is 22.3 Å². The number of ether oxygens (including phenoxy) is 1. The average molecular weight is 361 g/mol. The number of aromatic nitrogens is 1. The molecule has 2 aromatic rings. The number of hydrogen-bond acceptors (Lipinski definition) is 3. The van der Waals surface area contributed by atoms with Gasteiger partial charge in [-0.05, 0) is 23.8 Å². The van der Waals surface area contributed by atoms with Crippen molar-refractivity contribution in [1.29, 1.82) is 0 Å². The number of alkyl halides is 3. The molecule has 0 aliphatic carbocycles.